The molecule has 0 saturated heterocycles. The van der Waals surface area contributed by atoms with Crippen LogP contribution in [0.25, 0.3) is 6.08 Å². The molecule has 7 nitrogen and oxygen atoms in total. The lowest BCUT2D eigenvalue weighted by Gasteiger charge is -2.25. The molecule has 1 amide bonds. The van der Waals surface area contributed by atoms with Crippen molar-refractivity contribution in [3.05, 3.63) is 115 Å². The number of benzene rings is 2. The maximum Gasteiger partial charge on any atom is 0.271 e. The van der Waals surface area contributed by atoms with Crippen LogP contribution < -0.4 is 20.2 Å². The minimum Gasteiger partial charge on any atom is -0.322 e. The first-order chi connectivity index (χ1) is 17.0. The monoisotopic (exact) mass is 483 g/mol. The highest BCUT2D eigenvalue weighted by atomic mass is 32.1. The average Bonchev–Trinajstić information content (AvgIpc) is 3.37. The van der Waals surface area contributed by atoms with Crippen molar-refractivity contribution < 1.29 is 4.79 Å². The van der Waals surface area contributed by atoms with Gasteiger partial charge in [-0.05, 0) is 44.5 Å². The van der Waals surface area contributed by atoms with E-state index in [-0.39, 0.29) is 11.5 Å². The molecule has 0 aliphatic carbocycles. The molecular weight excluding hydrogens is 458 g/mol. The van der Waals surface area contributed by atoms with Gasteiger partial charge in [-0.2, -0.15) is 5.10 Å². The van der Waals surface area contributed by atoms with Crippen LogP contribution in [0, 0.1) is 6.92 Å². The van der Waals surface area contributed by atoms with Crippen molar-refractivity contribution in [1.29, 1.82) is 0 Å². The zero-order chi connectivity index (χ0) is 24.5. The average molecular weight is 484 g/mol. The van der Waals surface area contributed by atoms with Crippen molar-refractivity contribution in [2.24, 2.45) is 4.99 Å². The van der Waals surface area contributed by atoms with Crippen LogP contribution in [0.2, 0.25) is 0 Å². The fraction of sp³-hybridized carbons (Fsp3) is 0.185. The molecule has 2 aromatic heterocycles. The number of thiazole rings is 1. The summed E-state index contributed by atoms with van der Waals surface area (Å²) in [5.74, 6) is -0.277. The van der Waals surface area contributed by atoms with Crippen LogP contribution in [-0.2, 0) is 11.3 Å². The number of hydrogen-bond acceptors (Lipinski definition) is 5. The van der Waals surface area contributed by atoms with E-state index in [1.165, 1.54) is 11.3 Å². The van der Waals surface area contributed by atoms with Crippen molar-refractivity contribution in [2.75, 3.05) is 5.32 Å². The molecule has 35 heavy (non-hydrogen) atoms. The van der Waals surface area contributed by atoms with Crippen LogP contribution >= 0.6 is 11.3 Å². The Hall–Kier alpha value is -4.04. The first-order valence-corrected chi connectivity index (χ1v) is 12.3. The summed E-state index contributed by atoms with van der Waals surface area (Å²) in [6.45, 7) is 6.53. The quantitative estimate of drug-likeness (QED) is 0.472. The summed E-state index contributed by atoms with van der Waals surface area (Å²) in [6, 6.07) is 18.3. The Balaban J connectivity index is 1.67. The highest BCUT2D eigenvalue weighted by Gasteiger charge is 2.32. The van der Waals surface area contributed by atoms with Gasteiger partial charge < -0.3 is 5.32 Å². The van der Waals surface area contributed by atoms with Gasteiger partial charge in [-0.3, -0.25) is 18.8 Å². The minimum absolute atomic E-state index is 0.177. The second kappa shape index (κ2) is 9.31. The van der Waals surface area contributed by atoms with Crippen molar-refractivity contribution >= 4 is 29.0 Å². The first-order valence-electron chi connectivity index (χ1n) is 11.4. The Morgan fingerprint density at radius 3 is 2.43 bits per heavy atom. The number of aromatic nitrogens is 3. The van der Waals surface area contributed by atoms with E-state index >= 15 is 0 Å². The fourth-order valence-corrected chi connectivity index (χ4v) is 5.30. The van der Waals surface area contributed by atoms with Gasteiger partial charge in [0.25, 0.3) is 11.5 Å². The number of hydrogen-bond donors (Lipinski definition) is 1. The van der Waals surface area contributed by atoms with Gasteiger partial charge in [0.2, 0.25) is 0 Å². The lowest BCUT2D eigenvalue weighted by molar-refractivity contribution is -0.113. The van der Waals surface area contributed by atoms with Gasteiger partial charge in [0.1, 0.15) is 0 Å². The first kappa shape index (κ1) is 22.7. The van der Waals surface area contributed by atoms with E-state index in [1.807, 2.05) is 98.4 Å². The van der Waals surface area contributed by atoms with Crippen LogP contribution in [0.15, 0.2) is 87.9 Å². The summed E-state index contributed by atoms with van der Waals surface area (Å²) in [5.41, 5.74) is 4.16. The molecule has 0 unspecified atom stereocenters. The number of carbonyl (C=O) groups is 1. The van der Waals surface area contributed by atoms with Crippen LogP contribution in [-0.4, -0.2) is 20.3 Å². The van der Waals surface area contributed by atoms with Crippen LogP contribution in [0.5, 0.6) is 0 Å². The largest absolute Gasteiger partial charge is 0.322 e. The normalized spacial score (nSPS) is 15.6. The van der Waals surface area contributed by atoms with Crippen molar-refractivity contribution in [1.82, 2.24) is 14.3 Å². The van der Waals surface area contributed by atoms with Gasteiger partial charge in [0.05, 0.1) is 27.5 Å². The molecule has 0 radical (unpaired) electrons. The molecule has 8 heteroatoms. The van der Waals surface area contributed by atoms with E-state index in [1.54, 1.807) is 4.57 Å². The van der Waals surface area contributed by atoms with Gasteiger partial charge in [0, 0.05) is 24.0 Å². The third-order valence-corrected chi connectivity index (χ3v) is 6.99. The lowest BCUT2D eigenvalue weighted by atomic mass is 9.95. The third kappa shape index (κ3) is 4.28. The number of carbonyl (C=O) groups excluding carboxylic acids is 1. The molecule has 1 N–H and O–H groups in total. The molecule has 0 fully saturated rings. The van der Waals surface area contributed by atoms with Gasteiger partial charge in [-0.25, -0.2) is 4.99 Å². The molecule has 3 heterocycles. The maximum absolute atomic E-state index is 13.7. The summed E-state index contributed by atoms with van der Waals surface area (Å²) in [4.78, 5) is 32.5. The number of anilines is 1. The van der Waals surface area contributed by atoms with Gasteiger partial charge in [-0.15, -0.1) is 0 Å². The molecule has 5 rings (SSSR count). The summed E-state index contributed by atoms with van der Waals surface area (Å²) in [7, 11) is 0. The van der Waals surface area contributed by atoms with E-state index in [9.17, 15) is 9.59 Å². The third-order valence-electron chi connectivity index (χ3n) is 6.01. The number of rotatable bonds is 5. The van der Waals surface area contributed by atoms with Gasteiger partial charge >= 0.3 is 0 Å². The number of amides is 1. The highest BCUT2D eigenvalue weighted by molar-refractivity contribution is 7.07. The van der Waals surface area contributed by atoms with E-state index in [4.69, 9.17) is 4.99 Å². The number of aryl methyl sites for hydroxylation is 2. The Morgan fingerprint density at radius 1 is 1.09 bits per heavy atom. The Morgan fingerprint density at radius 2 is 1.77 bits per heavy atom. The molecule has 0 saturated carbocycles. The Bertz CT molecular complexity index is 1610. The zero-order valence-electron chi connectivity index (χ0n) is 19.7. The van der Waals surface area contributed by atoms with E-state index < -0.39 is 6.04 Å². The molecule has 176 valence electrons. The second-order valence-electron chi connectivity index (χ2n) is 8.34. The highest BCUT2D eigenvalue weighted by Crippen LogP contribution is 2.30. The molecule has 0 spiro atoms. The molecule has 1 atom stereocenters. The number of nitrogens with zero attached hydrogens (tertiary/aromatic N) is 4. The molecule has 2 aromatic carbocycles. The molecule has 1 aliphatic rings. The number of para-hydroxylation sites is 1. The predicted octanol–water partition coefficient (Wildman–Crippen LogP) is 3.40. The Labute approximate surface area is 206 Å². The molecule has 0 bridgehead atoms. The van der Waals surface area contributed by atoms with Crippen molar-refractivity contribution in [3.8, 4) is 0 Å². The molecular formula is C27H25N5O2S. The van der Waals surface area contributed by atoms with Crippen LogP contribution in [0.4, 0.5) is 5.69 Å². The summed E-state index contributed by atoms with van der Waals surface area (Å²) < 4.78 is 4.04. The number of nitrogens with one attached hydrogen (secondary N) is 1. The predicted molar refractivity (Wildman–Crippen MR) is 138 cm³/mol. The number of allylic oxidation sites excluding steroid dienone is 1. The Kier molecular flexibility index (Phi) is 6.05. The van der Waals surface area contributed by atoms with Gasteiger partial charge in [-0.1, -0.05) is 59.9 Å². The molecule has 4 aromatic rings. The lowest BCUT2D eigenvalue weighted by Crippen LogP contribution is -2.40. The van der Waals surface area contributed by atoms with Crippen molar-refractivity contribution in [3.63, 3.8) is 0 Å². The van der Waals surface area contributed by atoms with Crippen LogP contribution in [0.1, 0.15) is 36.7 Å². The topological polar surface area (TPSA) is 81.3 Å². The smallest absolute Gasteiger partial charge is 0.271 e. The van der Waals surface area contributed by atoms with Gasteiger partial charge in [0.15, 0.2) is 4.80 Å². The standard InChI is InChI=1S/C27H25N5O2S/c1-4-31-16-20(17(2)30-31)15-22-26(34)32-24(19-11-7-5-8-12-19)23(18(3)28-27(32)35-22)25(33)29-21-13-9-6-10-14-21/h5-16,24H,4H2,1-3H3,(H,29,33)/b22-15+/t24-/m1/s1. The number of fused-ring (bicyclic) bond motifs is 1. The van der Waals surface area contributed by atoms with E-state index in [2.05, 4.69) is 10.4 Å². The second-order valence-corrected chi connectivity index (χ2v) is 9.35. The summed E-state index contributed by atoms with van der Waals surface area (Å²) in [5, 5.41) is 7.45. The van der Waals surface area contributed by atoms with E-state index in [0.29, 0.717) is 26.3 Å². The van der Waals surface area contributed by atoms with Crippen molar-refractivity contribution in [2.45, 2.75) is 33.4 Å². The fourth-order valence-electron chi connectivity index (χ4n) is 4.26. The van der Waals surface area contributed by atoms with E-state index in [0.717, 1.165) is 23.4 Å². The molecule has 1 aliphatic heterocycles. The summed E-state index contributed by atoms with van der Waals surface area (Å²) >= 11 is 1.33. The summed E-state index contributed by atoms with van der Waals surface area (Å²) in [6.07, 6.45) is 3.80. The maximum atomic E-state index is 13.7. The minimum atomic E-state index is -0.585. The zero-order valence-corrected chi connectivity index (χ0v) is 20.5. The van der Waals surface area contributed by atoms with Crippen LogP contribution in [0.3, 0.4) is 0 Å². The SMILES string of the molecule is CCn1cc(/C=c2/sc3n(c2=O)[C@H](c2ccccc2)C(C(=O)Nc2ccccc2)=C(C)N=3)c(C)n1.